The van der Waals surface area contributed by atoms with Crippen molar-refractivity contribution >= 4 is 15.6 Å². The number of aromatic nitrogens is 1. The maximum atomic E-state index is 12.7. The minimum absolute atomic E-state index is 0.0271. The number of hydrogen-bond donors (Lipinski definition) is 0. The average molecular weight is 307 g/mol. The van der Waals surface area contributed by atoms with Crippen LogP contribution >= 0.6 is 0 Å². The van der Waals surface area contributed by atoms with E-state index in [-0.39, 0.29) is 22.2 Å². The van der Waals surface area contributed by atoms with Gasteiger partial charge >= 0.3 is 0 Å². The molecule has 1 aromatic rings. The number of rotatable bonds is 2. The van der Waals surface area contributed by atoms with Crippen LogP contribution in [0.3, 0.4) is 0 Å². The summed E-state index contributed by atoms with van der Waals surface area (Å²) in [5.41, 5.74) is 2.44. The molecule has 2 unspecified atom stereocenters. The van der Waals surface area contributed by atoms with Gasteiger partial charge in [-0.1, -0.05) is 12.5 Å². The normalized spacial score (nSPS) is 30.9. The molecule has 2 saturated heterocycles. The molecule has 2 aliphatic heterocycles. The molecule has 2 atom stereocenters. The Morgan fingerprint density at radius 1 is 1.19 bits per heavy atom. The fourth-order valence-corrected chi connectivity index (χ4v) is 6.33. The molecule has 2 bridgehead atoms. The molecule has 5 heteroatoms. The Balaban J connectivity index is 1.87. The first-order valence-electron chi connectivity index (χ1n) is 7.59. The third-order valence-corrected chi connectivity index (χ3v) is 7.61. The van der Waals surface area contributed by atoms with E-state index in [0.29, 0.717) is 31.4 Å². The third kappa shape index (κ3) is 2.52. The van der Waals surface area contributed by atoms with Crippen molar-refractivity contribution in [1.82, 2.24) is 4.98 Å². The molecule has 3 heterocycles. The second-order valence-corrected chi connectivity index (χ2v) is 8.99. The molecule has 0 saturated carbocycles. The molecule has 4 nitrogen and oxygen atoms in total. The molecule has 0 aliphatic carbocycles. The maximum absolute atomic E-state index is 12.7. The Morgan fingerprint density at radius 2 is 1.81 bits per heavy atom. The number of aryl methyl sites for hydroxylation is 2. The van der Waals surface area contributed by atoms with Crippen molar-refractivity contribution in [2.24, 2.45) is 5.92 Å². The monoisotopic (exact) mass is 307 g/mol. The summed E-state index contributed by atoms with van der Waals surface area (Å²) in [6.45, 7) is 3.85. The van der Waals surface area contributed by atoms with Crippen molar-refractivity contribution in [3.63, 3.8) is 0 Å². The lowest BCUT2D eigenvalue weighted by atomic mass is 9.85. The highest BCUT2D eigenvalue weighted by molar-refractivity contribution is 7.92. The SMILES string of the molecule is Cc1cnc(C(=O)C2CC3CCCC(C2)S3(=O)=O)c(C)c1. The highest BCUT2D eigenvalue weighted by atomic mass is 32.2. The van der Waals surface area contributed by atoms with Gasteiger partial charge < -0.3 is 0 Å². The molecule has 0 aromatic carbocycles. The number of carbonyl (C=O) groups is 1. The van der Waals surface area contributed by atoms with Gasteiger partial charge in [0.15, 0.2) is 15.6 Å². The minimum Gasteiger partial charge on any atom is -0.292 e. The van der Waals surface area contributed by atoms with Crippen molar-refractivity contribution in [1.29, 1.82) is 0 Å². The second-order valence-electron chi connectivity index (χ2n) is 6.47. The van der Waals surface area contributed by atoms with Gasteiger partial charge in [0, 0.05) is 12.1 Å². The summed E-state index contributed by atoms with van der Waals surface area (Å²) < 4.78 is 24.6. The van der Waals surface area contributed by atoms with E-state index in [4.69, 9.17) is 0 Å². The number of Topliss-reactive ketones (excluding diaryl/α,β-unsaturated/α-hetero) is 1. The van der Waals surface area contributed by atoms with Crippen molar-refractivity contribution in [3.05, 3.63) is 29.1 Å². The summed E-state index contributed by atoms with van der Waals surface area (Å²) in [5, 5.41) is -0.630. The van der Waals surface area contributed by atoms with Crippen molar-refractivity contribution in [3.8, 4) is 0 Å². The standard InChI is InChI=1S/C16H21NO3S/c1-10-6-11(2)15(17-9-10)16(18)12-7-13-4-3-5-14(8-12)21(13,19)20/h6,9,12-14H,3-5,7-8H2,1-2H3. The smallest absolute Gasteiger partial charge is 0.184 e. The summed E-state index contributed by atoms with van der Waals surface area (Å²) in [6, 6.07) is 1.96. The van der Waals surface area contributed by atoms with Gasteiger partial charge in [-0.2, -0.15) is 0 Å². The third-order valence-electron chi connectivity index (χ3n) is 4.90. The lowest BCUT2D eigenvalue weighted by molar-refractivity contribution is 0.0888. The van der Waals surface area contributed by atoms with E-state index in [0.717, 1.165) is 17.5 Å². The zero-order chi connectivity index (χ0) is 15.2. The largest absolute Gasteiger partial charge is 0.292 e. The zero-order valence-corrected chi connectivity index (χ0v) is 13.3. The summed E-state index contributed by atoms with van der Waals surface area (Å²) in [7, 11) is -3.00. The number of carbonyl (C=O) groups excluding carboxylic acids is 1. The van der Waals surface area contributed by atoms with Gasteiger partial charge in [0.2, 0.25) is 0 Å². The molecule has 0 N–H and O–H groups in total. The van der Waals surface area contributed by atoms with E-state index < -0.39 is 9.84 Å². The number of sulfone groups is 1. The van der Waals surface area contributed by atoms with E-state index in [1.807, 2.05) is 19.9 Å². The van der Waals surface area contributed by atoms with Crippen LogP contribution in [0.4, 0.5) is 0 Å². The molecule has 114 valence electrons. The number of fused-ring (bicyclic) bond motifs is 2. The van der Waals surface area contributed by atoms with E-state index in [1.54, 1.807) is 6.20 Å². The van der Waals surface area contributed by atoms with Crippen LogP contribution in [-0.4, -0.2) is 29.7 Å². The van der Waals surface area contributed by atoms with Crippen LogP contribution in [0.15, 0.2) is 12.3 Å². The predicted octanol–water partition coefficient (Wildman–Crippen LogP) is 2.63. The quantitative estimate of drug-likeness (QED) is 0.788. The van der Waals surface area contributed by atoms with Gasteiger partial charge in [-0.15, -0.1) is 0 Å². The second kappa shape index (κ2) is 5.20. The Bertz CT molecular complexity index is 661. The number of nitrogens with zero attached hydrogens (tertiary/aromatic N) is 1. The van der Waals surface area contributed by atoms with E-state index in [1.165, 1.54) is 0 Å². The first-order chi connectivity index (χ1) is 9.89. The highest BCUT2D eigenvalue weighted by Gasteiger charge is 2.46. The molecule has 3 rings (SSSR count). The van der Waals surface area contributed by atoms with Crippen LogP contribution in [0.25, 0.3) is 0 Å². The Labute approximate surface area is 125 Å². The predicted molar refractivity (Wildman–Crippen MR) is 81.1 cm³/mol. The Hall–Kier alpha value is -1.23. The van der Waals surface area contributed by atoms with Gasteiger partial charge in [-0.3, -0.25) is 9.78 Å². The molecule has 1 aromatic heterocycles. The van der Waals surface area contributed by atoms with Crippen molar-refractivity contribution in [2.75, 3.05) is 0 Å². The van der Waals surface area contributed by atoms with Crippen LogP contribution < -0.4 is 0 Å². The number of ketones is 1. The Kier molecular flexibility index (Phi) is 3.64. The van der Waals surface area contributed by atoms with E-state index >= 15 is 0 Å². The molecule has 2 fully saturated rings. The lowest BCUT2D eigenvalue weighted by Crippen LogP contribution is -2.45. The maximum Gasteiger partial charge on any atom is 0.184 e. The molecule has 0 amide bonds. The van der Waals surface area contributed by atoms with Gasteiger partial charge in [0.05, 0.1) is 10.5 Å². The first kappa shape index (κ1) is 14.7. The summed E-state index contributed by atoms with van der Waals surface area (Å²) >= 11 is 0. The molecule has 2 aliphatic rings. The Morgan fingerprint density at radius 3 is 2.38 bits per heavy atom. The van der Waals surface area contributed by atoms with E-state index in [2.05, 4.69) is 4.98 Å². The van der Waals surface area contributed by atoms with Crippen LogP contribution in [0.5, 0.6) is 0 Å². The van der Waals surface area contributed by atoms with Gasteiger partial charge in [0.25, 0.3) is 0 Å². The molecule has 0 radical (unpaired) electrons. The molecular weight excluding hydrogens is 286 g/mol. The van der Waals surface area contributed by atoms with Gasteiger partial charge in [-0.25, -0.2) is 8.42 Å². The number of hydrogen-bond acceptors (Lipinski definition) is 4. The van der Waals surface area contributed by atoms with Crippen LogP contribution in [0, 0.1) is 19.8 Å². The molecule has 21 heavy (non-hydrogen) atoms. The van der Waals surface area contributed by atoms with Crippen LogP contribution in [-0.2, 0) is 9.84 Å². The van der Waals surface area contributed by atoms with Gasteiger partial charge in [0.1, 0.15) is 5.69 Å². The topological polar surface area (TPSA) is 64.1 Å². The fraction of sp³-hybridized carbons (Fsp3) is 0.625. The first-order valence-corrected chi connectivity index (χ1v) is 9.20. The molecular formula is C16H21NO3S. The summed E-state index contributed by atoms with van der Waals surface area (Å²) in [6.07, 6.45) is 5.06. The van der Waals surface area contributed by atoms with Crippen LogP contribution in [0.2, 0.25) is 0 Å². The average Bonchev–Trinajstić information content (AvgIpc) is 2.36. The minimum atomic E-state index is -3.00. The van der Waals surface area contributed by atoms with Crippen molar-refractivity contribution in [2.45, 2.75) is 56.5 Å². The van der Waals surface area contributed by atoms with Crippen LogP contribution in [0.1, 0.15) is 53.7 Å². The molecule has 0 spiro atoms. The van der Waals surface area contributed by atoms with Gasteiger partial charge in [-0.05, 0) is 50.7 Å². The summed E-state index contributed by atoms with van der Waals surface area (Å²) in [4.78, 5) is 17.0. The fourth-order valence-electron chi connectivity index (χ4n) is 3.79. The summed E-state index contributed by atoms with van der Waals surface area (Å²) in [5.74, 6) is -0.156. The highest BCUT2D eigenvalue weighted by Crippen LogP contribution is 2.40. The van der Waals surface area contributed by atoms with Crippen molar-refractivity contribution < 1.29 is 13.2 Å². The van der Waals surface area contributed by atoms with E-state index in [9.17, 15) is 13.2 Å². The zero-order valence-electron chi connectivity index (χ0n) is 12.5. The lowest BCUT2D eigenvalue weighted by Gasteiger charge is -2.38. The number of pyridine rings is 1.